The molecule has 1 amide bonds. The minimum Gasteiger partial charge on any atom is -0.492 e. The maximum atomic E-state index is 12.2. The molecule has 21 heavy (non-hydrogen) atoms. The predicted octanol–water partition coefficient (Wildman–Crippen LogP) is 2.49. The van der Waals surface area contributed by atoms with E-state index in [2.05, 4.69) is 16.3 Å². The van der Waals surface area contributed by atoms with Crippen molar-refractivity contribution in [1.29, 1.82) is 0 Å². The van der Waals surface area contributed by atoms with E-state index in [0.717, 1.165) is 11.4 Å². The highest BCUT2D eigenvalue weighted by atomic mass is 16.5. The first-order valence-corrected chi connectivity index (χ1v) is 6.94. The average Bonchev–Trinajstić information content (AvgIpc) is 2.83. The number of carbonyl (C=O) groups is 1. The number of benzene rings is 1. The molecule has 0 saturated heterocycles. The lowest BCUT2D eigenvalue weighted by atomic mass is 10.1. The number of amides is 1. The summed E-state index contributed by atoms with van der Waals surface area (Å²) < 4.78 is 5.72. The third kappa shape index (κ3) is 3.84. The zero-order valence-electron chi connectivity index (χ0n) is 12.9. The highest BCUT2D eigenvalue weighted by molar-refractivity contribution is 5.94. The highest BCUT2D eigenvalue weighted by Crippen LogP contribution is 2.16. The van der Waals surface area contributed by atoms with Crippen LogP contribution in [0.15, 0.2) is 24.4 Å². The van der Waals surface area contributed by atoms with Gasteiger partial charge in [-0.3, -0.25) is 9.89 Å². The number of hydrogen-bond acceptors (Lipinski definition) is 3. The molecule has 0 atom stereocenters. The summed E-state index contributed by atoms with van der Waals surface area (Å²) in [6, 6.07) is 6.09. The van der Waals surface area contributed by atoms with Crippen molar-refractivity contribution in [2.75, 3.05) is 20.2 Å². The molecule has 0 radical (unpaired) electrons. The predicted molar refractivity (Wildman–Crippen MR) is 81.7 cm³/mol. The van der Waals surface area contributed by atoms with Gasteiger partial charge >= 0.3 is 0 Å². The van der Waals surface area contributed by atoms with Crippen LogP contribution in [0.3, 0.4) is 0 Å². The smallest absolute Gasteiger partial charge is 0.257 e. The summed E-state index contributed by atoms with van der Waals surface area (Å²) in [6.45, 7) is 6.90. The van der Waals surface area contributed by atoms with E-state index >= 15 is 0 Å². The standard InChI is InChI=1S/C16H21N3O2/c1-11-7-12(2)9-14(8-11)21-6-5-19(4)16(20)15-10-17-18-13(15)3/h7-10H,5-6H2,1-4H3,(H,17,18). The van der Waals surface area contributed by atoms with E-state index in [1.54, 1.807) is 18.1 Å². The number of aryl methyl sites for hydroxylation is 3. The van der Waals surface area contributed by atoms with Gasteiger partial charge in [-0.1, -0.05) is 6.07 Å². The Morgan fingerprint density at radius 2 is 1.90 bits per heavy atom. The molecular weight excluding hydrogens is 266 g/mol. The van der Waals surface area contributed by atoms with E-state index in [1.807, 2.05) is 32.9 Å². The Bertz CT molecular complexity index is 614. The second-order valence-corrected chi connectivity index (χ2v) is 5.31. The Labute approximate surface area is 124 Å². The van der Waals surface area contributed by atoms with E-state index < -0.39 is 0 Å². The van der Waals surface area contributed by atoms with Crippen LogP contribution in [0, 0.1) is 20.8 Å². The van der Waals surface area contributed by atoms with Crippen LogP contribution in [0.5, 0.6) is 5.75 Å². The minimum absolute atomic E-state index is 0.0507. The highest BCUT2D eigenvalue weighted by Gasteiger charge is 2.15. The zero-order chi connectivity index (χ0) is 15.4. The van der Waals surface area contributed by atoms with Crippen LogP contribution in [0.2, 0.25) is 0 Å². The summed E-state index contributed by atoms with van der Waals surface area (Å²) in [4.78, 5) is 13.8. The van der Waals surface area contributed by atoms with Gasteiger partial charge in [0.2, 0.25) is 0 Å². The molecule has 0 unspecified atom stereocenters. The molecule has 0 spiro atoms. The molecule has 0 saturated carbocycles. The molecule has 0 aliphatic rings. The van der Waals surface area contributed by atoms with Crippen molar-refractivity contribution in [2.24, 2.45) is 0 Å². The summed E-state index contributed by atoms with van der Waals surface area (Å²) >= 11 is 0. The lowest BCUT2D eigenvalue weighted by Crippen LogP contribution is -2.31. The molecule has 0 aliphatic carbocycles. The van der Waals surface area contributed by atoms with Crippen LogP contribution in [0.4, 0.5) is 0 Å². The molecule has 0 aliphatic heterocycles. The van der Waals surface area contributed by atoms with Gasteiger partial charge in [-0.25, -0.2) is 0 Å². The van der Waals surface area contributed by atoms with E-state index in [9.17, 15) is 4.79 Å². The largest absolute Gasteiger partial charge is 0.492 e. The summed E-state index contributed by atoms with van der Waals surface area (Å²) in [6.07, 6.45) is 1.55. The van der Waals surface area contributed by atoms with Crippen molar-refractivity contribution in [3.05, 3.63) is 46.8 Å². The fourth-order valence-corrected chi connectivity index (χ4v) is 2.19. The van der Waals surface area contributed by atoms with E-state index in [0.29, 0.717) is 18.7 Å². The van der Waals surface area contributed by atoms with Crippen LogP contribution in [-0.2, 0) is 0 Å². The van der Waals surface area contributed by atoms with Crippen molar-refractivity contribution in [1.82, 2.24) is 15.1 Å². The van der Waals surface area contributed by atoms with Gasteiger partial charge in [0.25, 0.3) is 5.91 Å². The Morgan fingerprint density at radius 1 is 1.24 bits per heavy atom. The summed E-state index contributed by atoms with van der Waals surface area (Å²) in [5, 5.41) is 6.64. The number of nitrogens with one attached hydrogen (secondary N) is 1. The maximum Gasteiger partial charge on any atom is 0.257 e. The van der Waals surface area contributed by atoms with Gasteiger partial charge in [-0.15, -0.1) is 0 Å². The molecule has 5 nitrogen and oxygen atoms in total. The summed E-state index contributed by atoms with van der Waals surface area (Å²) in [5.41, 5.74) is 3.72. The fourth-order valence-electron chi connectivity index (χ4n) is 2.19. The Hall–Kier alpha value is -2.30. The van der Waals surface area contributed by atoms with Crippen LogP contribution in [0.25, 0.3) is 0 Å². The molecule has 112 valence electrons. The molecule has 1 aromatic carbocycles. The van der Waals surface area contributed by atoms with Crippen LogP contribution in [0.1, 0.15) is 27.2 Å². The maximum absolute atomic E-state index is 12.2. The van der Waals surface area contributed by atoms with Crippen molar-refractivity contribution >= 4 is 5.91 Å². The summed E-state index contributed by atoms with van der Waals surface area (Å²) in [5.74, 6) is 0.790. The van der Waals surface area contributed by atoms with Gasteiger partial charge in [0, 0.05) is 12.7 Å². The molecule has 5 heteroatoms. The number of rotatable bonds is 5. The quantitative estimate of drug-likeness (QED) is 0.919. The van der Waals surface area contributed by atoms with Gasteiger partial charge < -0.3 is 9.64 Å². The molecule has 1 aromatic heterocycles. The lowest BCUT2D eigenvalue weighted by Gasteiger charge is -2.17. The van der Waals surface area contributed by atoms with Crippen LogP contribution in [-0.4, -0.2) is 41.2 Å². The number of hydrogen-bond donors (Lipinski definition) is 1. The number of H-pyrrole nitrogens is 1. The Kier molecular flexibility index (Phi) is 4.62. The van der Waals surface area contributed by atoms with Gasteiger partial charge in [-0.2, -0.15) is 5.10 Å². The molecule has 0 fully saturated rings. The average molecular weight is 287 g/mol. The molecule has 1 N–H and O–H groups in total. The number of aromatic nitrogens is 2. The van der Waals surface area contributed by atoms with E-state index in [-0.39, 0.29) is 5.91 Å². The van der Waals surface area contributed by atoms with Crippen molar-refractivity contribution < 1.29 is 9.53 Å². The van der Waals surface area contributed by atoms with E-state index in [4.69, 9.17) is 4.74 Å². The third-order valence-electron chi connectivity index (χ3n) is 3.30. The number of ether oxygens (including phenoxy) is 1. The number of likely N-dealkylation sites (N-methyl/N-ethyl adjacent to an activating group) is 1. The van der Waals surface area contributed by atoms with Gasteiger partial charge in [0.15, 0.2) is 0 Å². The Balaban J connectivity index is 1.88. The monoisotopic (exact) mass is 287 g/mol. The Morgan fingerprint density at radius 3 is 2.48 bits per heavy atom. The van der Waals surface area contributed by atoms with Crippen LogP contribution >= 0.6 is 0 Å². The topological polar surface area (TPSA) is 58.2 Å². The lowest BCUT2D eigenvalue weighted by molar-refractivity contribution is 0.0773. The second-order valence-electron chi connectivity index (χ2n) is 5.31. The first-order chi connectivity index (χ1) is 9.97. The first-order valence-electron chi connectivity index (χ1n) is 6.94. The van der Waals surface area contributed by atoms with Gasteiger partial charge in [0.1, 0.15) is 12.4 Å². The first kappa shape index (κ1) is 15.1. The third-order valence-corrected chi connectivity index (χ3v) is 3.30. The zero-order valence-corrected chi connectivity index (χ0v) is 12.9. The number of aromatic amines is 1. The normalized spacial score (nSPS) is 10.5. The van der Waals surface area contributed by atoms with Crippen LogP contribution < -0.4 is 4.74 Å². The fraction of sp³-hybridized carbons (Fsp3) is 0.375. The number of nitrogens with zero attached hydrogens (tertiary/aromatic N) is 2. The van der Waals surface area contributed by atoms with E-state index in [1.165, 1.54) is 11.1 Å². The molecular formula is C16H21N3O2. The molecule has 1 heterocycles. The molecule has 0 bridgehead atoms. The van der Waals surface area contributed by atoms with Crippen molar-refractivity contribution in [3.8, 4) is 5.75 Å². The number of carbonyl (C=O) groups excluding carboxylic acids is 1. The second kappa shape index (κ2) is 6.43. The minimum atomic E-state index is -0.0507. The van der Waals surface area contributed by atoms with Crippen molar-refractivity contribution in [3.63, 3.8) is 0 Å². The molecule has 2 rings (SSSR count). The van der Waals surface area contributed by atoms with Crippen molar-refractivity contribution in [2.45, 2.75) is 20.8 Å². The molecule has 2 aromatic rings. The summed E-state index contributed by atoms with van der Waals surface area (Å²) in [7, 11) is 1.76. The van der Waals surface area contributed by atoms with Gasteiger partial charge in [-0.05, 0) is 44.0 Å². The van der Waals surface area contributed by atoms with Gasteiger partial charge in [0.05, 0.1) is 18.3 Å². The SMILES string of the molecule is Cc1cc(C)cc(OCCN(C)C(=O)c2cn[nH]c2C)c1.